The van der Waals surface area contributed by atoms with Crippen LogP contribution in [0, 0.1) is 5.92 Å². The zero-order chi connectivity index (χ0) is 19.4. The van der Waals surface area contributed by atoms with Gasteiger partial charge in [-0.2, -0.15) is 0 Å². The zero-order valence-electron chi connectivity index (χ0n) is 15.1. The molecule has 142 valence electrons. The Morgan fingerprint density at radius 2 is 1.56 bits per heavy atom. The first-order valence-electron chi connectivity index (χ1n) is 8.80. The van der Waals surface area contributed by atoms with E-state index in [0.29, 0.717) is 25.9 Å². The van der Waals surface area contributed by atoms with Gasteiger partial charge in [-0.05, 0) is 37.1 Å². The smallest absolute Gasteiger partial charge is 0.255 e. The van der Waals surface area contributed by atoms with Gasteiger partial charge in [0.15, 0.2) is 9.84 Å². The Morgan fingerprint density at radius 3 is 2.19 bits per heavy atom. The van der Waals surface area contributed by atoms with Crippen molar-refractivity contribution in [3.63, 3.8) is 0 Å². The van der Waals surface area contributed by atoms with Gasteiger partial charge in [-0.15, -0.1) is 0 Å². The maximum Gasteiger partial charge on any atom is 0.255 e. The van der Waals surface area contributed by atoms with Crippen LogP contribution in [-0.4, -0.2) is 44.5 Å². The summed E-state index contributed by atoms with van der Waals surface area (Å²) >= 11 is 0. The second kappa shape index (κ2) is 7.92. The molecule has 0 bridgehead atoms. The van der Waals surface area contributed by atoms with Crippen LogP contribution in [0.5, 0.6) is 0 Å². The summed E-state index contributed by atoms with van der Waals surface area (Å²) in [6, 6.07) is 15.5. The number of para-hydroxylation sites is 1. The molecule has 1 N–H and O–H groups in total. The molecule has 0 unspecified atom stereocenters. The Balaban J connectivity index is 1.64. The minimum absolute atomic E-state index is 0.0407. The van der Waals surface area contributed by atoms with Gasteiger partial charge in [0.1, 0.15) is 0 Å². The average Bonchev–Trinajstić information content (AvgIpc) is 2.67. The molecule has 0 aromatic heterocycles. The normalized spacial score (nSPS) is 15.4. The molecule has 7 heteroatoms. The van der Waals surface area contributed by atoms with E-state index in [0.717, 1.165) is 11.9 Å². The Kier molecular flexibility index (Phi) is 5.60. The number of hydrogen-bond acceptors (Lipinski definition) is 4. The Labute approximate surface area is 159 Å². The summed E-state index contributed by atoms with van der Waals surface area (Å²) in [7, 11) is -3.49. The number of carbonyl (C=O) groups excluding carboxylic acids is 2. The van der Waals surface area contributed by atoms with Gasteiger partial charge >= 0.3 is 0 Å². The molecule has 1 saturated heterocycles. The fourth-order valence-electron chi connectivity index (χ4n) is 3.25. The second-order valence-electron chi connectivity index (χ2n) is 6.69. The van der Waals surface area contributed by atoms with Crippen molar-refractivity contribution in [1.29, 1.82) is 0 Å². The van der Waals surface area contributed by atoms with E-state index in [1.54, 1.807) is 17.0 Å². The molecule has 27 heavy (non-hydrogen) atoms. The molecule has 0 saturated carbocycles. The average molecular weight is 386 g/mol. The topological polar surface area (TPSA) is 83.6 Å². The number of anilines is 1. The third-order valence-electron chi connectivity index (χ3n) is 4.71. The minimum atomic E-state index is -3.49. The van der Waals surface area contributed by atoms with Crippen LogP contribution >= 0.6 is 0 Å². The van der Waals surface area contributed by atoms with E-state index in [1.165, 1.54) is 12.1 Å². The highest BCUT2D eigenvalue weighted by Crippen LogP contribution is 2.23. The summed E-state index contributed by atoms with van der Waals surface area (Å²) in [5, 5.41) is 2.89. The number of carbonyl (C=O) groups is 2. The standard InChI is InChI=1S/C20H22N2O4S/c1-27(25,26)18-10-6-5-9-17(18)20(24)22-13-11-15(12-14-22)19(23)21-16-7-3-2-4-8-16/h2-10,15H,11-14H2,1H3,(H,21,23). The van der Waals surface area contributed by atoms with E-state index in [1.807, 2.05) is 30.3 Å². The Hall–Kier alpha value is -2.67. The molecule has 1 fully saturated rings. The van der Waals surface area contributed by atoms with Crippen molar-refractivity contribution in [1.82, 2.24) is 4.90 Å². The van der Waals surface area contributed by atoms with Gasteiger partial charge in [-0.1, -0.05) is 30.3 Å². The summed E-state index contributed by atoms with van der Waals surface area (Å²) in [6.45, 7) is 0.841. The highest BCUT2D eigenvalue weighted by molar-refractivity contribution is 7.90. The van der Waals surface area contributed by atoms with E-state index in [4.69, 9.17) is 0 Å². The molecule has 2 aromatic carbocycles. The van der Waals surface area contributed by atoms with E-state index in [-0.39, 0.29) is 28.2 Å². The molecule has 3 rings (SSSR count). The molecule has 2 amide bonds. The van der Waals surface area contributed by atoms with Crippen LogP contribution in [0.2, 0.25) is 0 Å². The number of nitrogens with one attached hydrogen (secondary N) is 1. The van der Waals surface area contributed by atoms with Gasteiger partial charge in [0, 0.05) is 31.0 Å². The fraction of sp³-hybridized carbons (Fsp3) is 0.300. The zero-order valence-corrected chi connectivity index (χ0v) is 15.9. The van der Waals surface area contributed by atoms with Gasteiger partial charge in [0.25, 0.3) is 5.91 Å². The lowest BCUT2D eigenvalue weighted by atomic mass is 9.95. The third kappa shape index (κ3) is 4.54. The first kappa shape index (κ1) is 19.1. The number of sulfone groups is 1. The van der Waals surface area contributed by atoms with Crippen molar-refractivity contribution >= 4 is 27.3 Å². The first-order chi connectivity index (χ1) is 12.9. The lowest BCUT2D eigenvalue weighted by Gasteiger charge is -2.31. The minimum Gasteiger partial charge on any atom is -0.339 e. The van der Waals surface area contributed by atoms with Crippen LogP contribution in [0.15, 0.2) is 59.5 Å². The van der Waals surface area contributed by atoms with Crippen LogP contribution in [0.1, 0.15) is 23.2 Å². The number of benzene rings is 2. The van der Waals surface area contributed by atoms with Crippen LogP contribution in [0.4, 0.5) is 5.69 Å². The summed E-state index contributed by atoms with van der Waals surface area (Å²) in [5.41, 5.74) is 0.940. The first-order valence-corrected chi connectivity index (χ1v) is 10.7. The van der Waals surface area contributed by atoms with Crippen molar-refractivity contribution in [2.45, 2.75) is 17.7 Å². The maximum atomic E-state index is 12.8. The van der Waals surface area contributed by atoms with Crippen LogP contribution in [0.3, 0.4) is 0 Å². The van der Waals surface area contributed by atoms with Crippen LogP contribution in [-0.2, 0) is 14.6 Å². The third-order valence-corrected chi connectivity index (χ3v) is 5.87. The molecule has 0 radical (unpaired) electrons. The molecular formula is C20H22N2O4S. The number of hydrogen-bond donors (Lipinski definition) is 1. The van der Waals surface area contributed by atoms with Crippen molar-refractivity contribution < 1.29 is 18.0 Å². The molecule has 0 atom stereocenters. The van der Waals surface area contributed by atoms with Crippen molar-refractivity contribution in [2.75, 3.05) is 24.7 Å². The highest BCUT2D eigenvalue weighted by atomic mass is 32.2. The number of likely N-dealkylation sites (tertiary alicyclic amines) is 1. The van der Waals surface area contributed by atoms with Crippen LogP contribution in [0.25, 0.3) is 0 Å². The van der Waals surface area contributed by atoms with E-state index in [2.05, 4.69) is 5.32 Å². The lowest BCUT2D eigenvalue weighted by molar-refractivity contribution is -0.121. The summed E-state index contributed by atoms with van der Waals surface area (Å²) in [5.74, 6) is -0.526. The molecule has 1 heterocycles. The van der Waals surface area contributed by atoms with E-state index < -0.39 is 9.84 Å². The highest BCUT2D eigenvalue weighted by Gasteiger charge is 2.29. The molecule has 2 aromatic rings. The van der Waals surface area contributed by atoms with E-state index >= 15 is 0 Å². The quantitative estimate of drug-likeness (QED) is 0.875. The van der Waals surface area contributed by atoms with Gasteiger partial charge < -0.3 is 10.2 Å². The van der Waals surface area contributed by atoms with Crippen molar-refractivity contribution in [2.24, 2.45) is 5.92 Å². The molecular weight excluding hydrogens is 364 g/mol. The fourth-order valence-corrected chi connectivity index (χ4v) is 4.13. The van der Waals surface area contributed by atoms with Gasteiger partial charge in [0.05, 0.1) is 10.5 Å². The number of nitrogens with zero attached hydrogens (tertiary/aromatic N) is 1. The Bertz CT molecular complexity index is 933. The molecule has 0 aliphatic carbocycles. The maximum absolute atomic E-state index is 12.8. The monoisotopic (exact) mass is 386 g/mol. The SMILES string of the molecule is CS(=O)(=O)c1ccccc1C(=O)N1CCC(C(=O)Nc2ccccc2)CC1. The predicted molar refractivity (Wildman–Crippen MR) is 103 cm³/mol. The molecule has 1 aliphatic heterocycles. The Morgan fingerprint density at radius 1 is 0.963 bits per heavy atom. The van der Waals surface area contributed by atoms with E-state index in [9.17, 15) is 18.0 Å². The largest absolute Gasteiger partial charge is 0.339 e. The van der Waals surface area contributed by atoms with Gasteiger partial charge in [-0.25, -0.2) is 8.42 Å². The van der Waals surface area contributed by atoms with Gasteiger partial charge in [-0.3, -0.25) is 9.59 Å². The van der Waals surface area contributed by atoms with Crippen molar-refractivity contribution in [3.05, 3.63) is 60.2 Å². The number of rotatable bonds is 4. The number of amides is 2. The predicted octanol–water partition coefficient (Wildman–Crippen LogP) is 2.58. The summed E-state index contributed by atoms with van der Waals surface area (Å²) in [6.07, 6.45) is 2.19. The molecule has 6 nitrogen and oxygen atoms in total. The summed E-state index contributed by atoms with van der Waals surface area (Å²) in [4.78, 5) is 26.9. The molecule has 0 spiro atoms. The van der Waals surface area contributed by atoms with Crippen molar-refractivity contribution in [3.8, 4) is 0 Å². The second-order valence-corrected chi connectivity index (χ2v) is 8.67. The number of piperidine rings is 1. The van der Waals surface area contributed by atoms with Crippen LogP contribution < -0.4 is 5.32 Å². The lowest BCUT2D eigenvalue weighted by Crippen LogP contribution is -2.41. The van der Waals surface area contributed by atoms with Gasteiger partial charge in [0.2, 0.25) is 5.91 Å². The molecule has 1 aliphatic rings. The summed E-state index contributed by atoms with van der Waals surface area (Å²) < 4.78 is 23.9.